The topological polar surface area (TPSA) is 86.1 Å². The van der Waals surface area contributed by atoms with Crippen LogP contribution in [0.5, 0.6) is 0 Å². The van der Waals surface area contributed by atoms with E-state index in [1.54, 1.807) is 29.2 Å². The van der Waals surface area contributed by atoms with Crippen molar-refractivity contribution >= 4 is 11.9 Å². The number of nitrogens with one attached hydrogen (secondary N) is 1. The van der Waals surface area contributed by atoms with E-state index in [1.807, 2.05) is 6.92 Å². The molecule has 0 saturated heterocycles. The zero-order valence-electron chi connectivity index (χ0n) is 15.0. The molecule has 1 amide bonds. The van der Waals surface area contributed by atoms with Crippen LogP contribution in [0.4, 0.5) is 0 Å². The van der Waals surface area contributed by atoms with Crippen LogP contribution in [0.25, 0.3) is 0 Å². The summed E-state index contributed by atoms with van der Waals surface area (Å²) < 4.78 is 6.62. The van der Waals surface area contributed by atoms with Gasteiger partial charge in [0.1, 0.15) is 6.04 Å². The van der Waals surface area contributed by atoms with Gasteiger partial charge in [0.25, 0.3) is 5.91 Å². The largest absolute Gasteiger partial charge is 0.467 e. The van der Waals surface area contributed by atoms with E-state index in [9.17, 15) is 9.59 Å². The summed E-state index contributed by atoms with van der Waals surface area (Å²) in [5, 5.41) is 7.02. The lowest BCUT2D eigenvalue weighted by Gasteiger charge is -2.16. The van der Waals surface area contributed by atoms with Gasteiger partial charge in [0.2, 0.25) is 0 Å². The second-order valence-corrected chi connectivity index (χ2v) is 6.33. The van der Waals surface area contributed by atoms with E-state index in [0.29, 0.717) is 17.9 Å². The van der Waals surface area contributed by atoms with Crippen LogP contribution in [0.1, 0.15) is 35.5 Å². The third kappa shape index (κ3) is 4.89. The number of nitrogens with zero attached hydrogens (tertiary/aromatic N) is 3. The summed E-state index contributed by atoms with van der Waals surface area (Å²) in [6.45, 7) is 6.75. The SMILES string of the molecule is COC(=O)[C@@H](Cc1ccncc1)NC(=O)c1cnn(CC(C)C)c1C. The number of rotatable bonds is 7. The first-order valence-corrected chi connectivity index (χ1v) is 8.22. The van der Waals surface area contributed by atoms with Crippen molar-refractivity contribution in [2.75, 3.05) is 7.11 Å². The Morgan fingerprint density at radius 3 is 2.56 bits per heavy atom. The first kappa shape index (κ1) is 18.6. The second-order valence-electron chi connectivity index (χ2n) is 6.33. The molecular formula is C18H24N4O3. The Balaban J connectivity index is 2.14. The molecule has 0 spiro atoms. The highest BCUT2D eigenvalue weighted by atomic mass is 16.5. The molecule has 2 aromatic heterocycles. The van der Waals surface area contributed by atoms with Crippen molar-refractivity contribution in [1.82, 2.24) is 20.1 Å². The summed E-state index contributed by atoms with van der Waals surface area (Å²) >= 11 is 0. The molecule has 0 unspecified atom stereocenters. The van der Waals surface area contributed by atoms with Crippen molar-refractivity contribution in [1.29, 1.82) is 0 Å². The van der Waals surface area contributed by atoms with Crippen LogP contribution in [0.2, 0.25) is 0 Å². The Bertz CT molecular complexity index is 725. The standard InChI is InChI=1S/C18H24N4O3/c1-12(2)11-22-13(3)15(10-20-22)17(23)21-16(18(24)25-4)9-14-5-7-19-8-6-14/h5-8,10,12,16H,9,11H2,1-4H3,(H,21,23)/t16-/m1/s1. The number of methoxy groups -OCH3 is 1. The summed E-state index contributed by atoms with van der Waals surface area (Å²) in [5.41, 5.74) is 2.13. The van der Waals surface area contributed by atoms with Crippen molar-refractivity contribution < 1.29 is 14.3 Å². The average Bonchev–Trinajstić information content (AvgIpc) is 2.94. The molecule has 7 heteroatoms. The molecule has 0 radical (unpaired) electrons. The van der Waals surface area contributed by atoms with Crippen LogP contribution >= 0.6 is 0 Å². The van der Waals surface area contributed by atoms with E-state index in [-0.39, 0.29) is 5.91 Å². The number of hydrogen-bond acceptors (Lipinski definition) is 5. The van der Waals surface area contributed by atoms with E-state index in [4.69, 9.17) is 4.74 Å². The number of amides is 1. The molecular weight excluding hydrogens is 320 g/mol. The molecule has 0 bridgehead atoms. The van der Waals surface area contributed by atoms with Gasteiger partial charge in [-0.05, 0) is 30.5 Å². The molecule has 0 aliphatic carbocycles. The second kappa shape index (κ2) is 8.41. The number of pyridine rings is 1. The molecule has 25 heavy (non-hydrogen) atoms. The maximum atomic E-state index is 12.6. The van der Waals surface area contributed by atoms with Crippen LogP contribution in [0.3, 0.4) is 0 Å². The van der Waals surface area contributed by atoms with E-state index < -0.39 is 12.0 Å². The van der Waals surface area contributed by atoms with Crippen LogP contribution in [0, 0.1) is 12.8 Å². The van der Waals surface area contributed by atoms with Gasteiger partial charge in [-0.3, -0.25) is 14.5 Å². The predicted molar refractivity (Wildman–Crippen MR) is 93.0 cm³/mol. The number of carbonyl (C=O) groups is 2. The van der Waals surface area contributed by atoms with Crippen LogP contribution in [0.15, 0.2) is 30.7 Å². The smallest absolute Gasteiger partial charge is 0.328 e. The van der Waals surface area contributed by atoms with E-state index in [0.717, 1.165) is 17.8 Å². The highest BCUT2D eigenvalue weighted by molar-refractivity contribution is 5.97. The van der Waals surface area contributed by atoms with Gasteiger partial charge in [-0.1, -0.05) is 13.8 Å². The van der Waals surface area contributed by atoms with Gasteiger partial charge in [-0.2, -0.15) is 5.10 Å². The maximum absolute atomic E-state index is 12.6. The Morgan fingerprint density at radius 1 is 1.28 bits per heavy atom. The van der Waals surface area contributed by atoms with Crippen molar-refractivity contribution in [3.05, 3.63) is 47.5 Å². The average molecular weight is 344 g/mol. The van der Waals surface area contributed by atoms with E-state index >= 15 is 0 Å². The monoisotopic (exact) mass is 344 g/mol. The Morgan fingerprint density at radius 2 is 1.96 bits per heavy atom. The van der Waals surface area contributed by atoms with Gasteiger partial charge < -0.3 is 10.1 Å². The molecule has 1 N–H and O–H groups in total. The number of aromatic nitrogens is 3. The zero-order chi connectivity index (χ0) is 18.4. The fourth-order valence-electron chi connectivity index (χ4n) is 2.53. The molecule has 2 heterocycles. The fraction of sp³-hybridized carbons (Fsp3) is 0.444. The van der Waals surface area contributed by atoms with Crippen molar-refractivity contribution in [2.45, 2.75) is 39.8 Å². The third-order valence-electron chi connectivity index (χ3n) is 3.87. The van der Waals surface area contributed by atoms with Crippen molar-refractivity contribution in [3.8, 4) is 0 Å². The van der Waals surface area contributed by atoms with Gasteiger partial charge >= 0.3 is 5.97 Å². The number of hydrogen-bond donors (Lipinski definition) is 1. The summed E-state index contributed by atoms with van der Waals surface area (Å²) in [6.07, 6.45) is 5.16. The molecule has 0 aliphatic heterocycles. The highest BCUT2D eigenvalue weighted by Gasteiger charge is 2.24. The Labute approximate surface area is 147 Å². The minimum Gasteiger partial charge on any atom is -0.467 e. The predicted octanol–water partition coefficient (Wildman–Crippen LogP) is 1.76. The lowest BCUT2D eigenvalue weighted by Crippen LogP contribution is -2.43. The number of ether oxygens (including phenoxy) is 1. The first-order valence-electron chi connectivity index (χ1n) is 8.22. The summed E-state index contributed by atoms with van der Waals surface area (Å²) in [7, 11) is 1.31. The van der Waals surface area contributed by atoms with Gasteiger partial charge in [0.05, 0.1) is 18.9 Å². The maximum Gasteiger partial charge on any atom is 0.328 e. The Kier molecular flexibility index (Phi) is 6.27. The number of carbonyl (C=O) groups excluding carboxylic acids is 2. The van der Waals surface area contributed by atoms with Gasteiger partial charge in [0, 0.05) is 31.1 Å². The lowest BCUT2D eigenvalue weighted by molar-refractivity contribution is -0.142. The number of esters is 1. The quantitative estimate of drug-likeness (QED) is 0.774. The normalized spacial score (nSPS) is 12.0. The van der Waals surface area contributed by atoms with E-state index in [2.05, 4.69) is 29.2 Å². The van der Waals surface area contributed by atoms with E-state index in [1.165, 1.54) is 13.3 Å². The van der Waals surface area contributed by atoms with Gasteiger partial charge in [-0.15, -0.1) is 0 Å². The molecule has 0 fully saturated rings. The summed E-state index contributed by atoms with van der Waals surface area (Å²) in [6, 6.07) is 2.83. The van der Waals surface area contributed by atoms with Gasteiger partial charge in [-0.25, -0.2) is 4.79 Å². The van der Waals surface area contributed by atoms with Gasteiger partial charge in [0.15, 0.2) is 0 Å². The lowest BCUT2D eigenvalue weighted by atomic mass is 10.1. The third-order valence-corrected chi connectivity index (χ3v) is 3.87. The molecule has 0 aromatic carbocycles. The minimum absolute atomic E-state index is 0.333. The zero-order valence-corrected chi connectivity index (χ0v) is 15.0. The first-order chi connectivity index (χ1) is 11.9. The molecule has 7 nitrogen and oxygen atoms in total. The van der Waals surface area contributed by atoms with Crippen LogP contribution in [-0.2, 0) is 22.5 Å². The molecule has 0 aliphatic rings. The molecule has 0 saturated carbocycles. The molecule has 2 aromatic rings. The Hall–Kier alpha value is -2.70. The molecule has 2 rings (SSSR count). The minimum atomic E-state index is -0.771. The van der Waals surface area contributed by atoms with Crippen molar-refractivity contribution in [3.63, 3.8) is 0 Å². The molecule has 1 atom stereocenters. The summed E-state index contributed by atoms with van der Waals surface area (Å²) in [5.74, 6) is -0.404. The van der Waals surface area contributed by atoms with Crippen molar-refractivity contribution in [2.24, 2.45) is 5.92 Å². The summed E-state index contributed by atoms with van der Waals surface area (Å²) in [4.78, 5) is 28.6. The van der Waals surface area contributed by atoms with Crippen LogP contribution < -0.4 is 5.32 Å². The van der Waals surface area contributed by atoms with Crippen LogP contribution in [-0.4, -0.2) is 39.8 Å². The fourth-order valence-corrected chi connectivity index (χ4v) is 2.53. The molecule has 134 valence electrons. The highest BCUT2D eigenvalue weighted by Crippen LogP contribution is 2.11.